The van der Waals surface area contributed by atoms with Crippen LogP contribution >= 0.6 is 0 Å². The molecule has 204 valence electrons. The highest BCUT2D eigenvalue weighted by Crippen LogP contribution is 2.37. The van der Waals surface area contributed by atoms with E-state index in [4.69, 9.17) is 5.10 Å². The second kappa shape index (κ2) is 9.75. The van der Waals surface area contributed by atoms with Crippen molar-refractivity contribution in [3.63, 3.8) is 0 Å². The Morgan fingerprint density at radius 1 is 1.10 bits per heavy atom. The summed E-state index contributed by atoms with van der Waals surface area (Å²) < 4.78 is 2.13. The van der Waals surface area contributed by atoms with Crippen LogP contribution in [0.1, 0.15) is 64.1 Å². The summed E-state index contributed by atoms with van der Waals surface area (Å²) in [7, 11) is 2.19. The van der Waals surface area contributed by atoms with Crippen molar-refractivity contribution in [2.75, 3.05) is 25.5 Å². The smallest absolute Gasteiger partial charge is 0.314 e. The van der Waals surface area contributed by atoms with Crippen LogP contribution in [-0.2, 0) is 9.59 Å². The minimum Gasteiger partial charge on any atom is -0.327 e. The van der Waals surface area contributed by atoms with Gasteiger partial charge in [-0.3, -0.25) is 24.4 Å². The molecule has 2 aliphatic rings. The van der Waals surface area contributed by atoms with E-state index >= 15 is 0 Å². The summed E-state index contributed by atoms with van der Waals surface area (Å²) in [4.78, 5) is 35.0. The van der Waals surface area contributed by atoms with Gasteiger partial charge in [-0.15, -0.1) is 0 Å². The third-order valence-corrected chi connectivity index (χ3v) is 8.75. The number of hydrogen-bond acceptors (Lipinski definition) is 6. The molecule has 4 aromatic rings. The van der Waals surface area contributed by atoms with Gasteiger partial charge in [-0.05, 0) is 70.2 Å². The lowest BCUT2D eigenvalue weighted by Crippen LogP contribution is -2.47. The lowest BCUT2D eigenvalue weighted by molar-refractivity contribution is -0.146. The maximum absolute atomic E-state index is 13.5. The molecule has 10 heteroatoms. The van der Waals surface area contributed by atoms with Gasteiger partial charge in [-0.1, -0.05) is 13.0 Å². The Kier molecular flexibility index (Phi) is 6.37. The van der Waals surface area contributed by atoms with Crippen LogP contribution in [0.3, 0.4) is 0 Å². The van der Waals surface area contributed by atoms with Crippen molar-refractivity contribution in [1.29, 1.82) is 0 Å². The van der Waals surface area contributed by atoms with Crippen LogP contribution in [0, 0.1) is 5.92 Å². The molecule has 2 aliphatic heterocycles. The summed E-state index contributed by atoms with van der Waals surface area (Å²) in [6.45, 7) is 8.28. The molecular formula is C29H36N8O2. The number of hydrogen-bond donors (Lipinski definition) is 2. The monoisotopic (exact) mass is 528 g/mol. The molecule has 2 amide bonds. The molecule has 2 fully saturated rings. The Morgan fingerprint density at radius 3 is 2.77 bits per heavy atom. The van der Waals surface area contributed by atoms with Crippen molar-refractivity contribution >= 4 is 39.3 Å². The third-order valence-electron chi connectivity index (χ3n) is 8.75. The molecule has 10 nitrogen and oxygen atoms in total. The topological polar surface area (TPSA) is 112 Å². The second-order valence-corrected chi connectivity index (χ2v) is 11.9. The lowest BCUT2D eigenvalue weighted by atomic mass is 9.87. The highest BCUT2D eigenvalue weighted by atomic mass is 16.2. The van der Waals surface area contributed by atoms with Crippen molar-refractivity contribution in [1.82, 2.24) is 34.8 Å². The maximum atomic E-state index is 13.5. The van der Waals surface area contributed by atoms with Crippen molar-refractivity contribution in [3.8, 4) is 0 Å². The molecular weight excluding hydrogens is 492 g/mol. The number of nitrogens with zero attached hydrogens (tertiary/aromatic N) is 6. The first-order chi connectivity index (χ1) is 18.7. The summed E-state index contributed by atoms with van der Waals surface area (Å²) in [5.74, 6) is -0.890. The van der Waals surface area contributed by atoms with E-state index in [2.05, 4.69) is 76.2 Å². The third kappa shape index (κ3) is 4.78. The zero-order valence-electron chi connectivity index (χ0n) is 23.0. The molecule has 2 N–H and O–H groups in total. The lowest BCUT2D eigenvalue weighted by Gasteiger charge is -2.43. The standard InChI is InChI=1S/C29H36N8O2/c1-18-5-8-25(36(16-18)28(39)27(38)32-24-15-30-13-21-14-31-33-26(21)24)19-6-7-23-20(11-19)17-37(34-23)22-9-10-35(4)29(2,3)12-22/h6-7,11,13-15,17-18,22,25H,5,8-10,12,16H2,1-4H3,(H,31,33)(H,32,38)/t18-,22?,25+/m0/s1. The first kappa shape index (κ1) is 25.5. The second-order valence-electron chi connectivity index (χ2n) is 11.9. The van der Waals surface area contributed by atoms with Crippen molar-refractivity contribution < 1.29 is 9.59 Å². The highest BCUT2D eigenvalue weighted by Gasteiger charge is 2.36. The quantitative estimate of drug-likeness (QED) is 0.384. The first-order valence-electron chi connectivity index (χ1n) is 13.8. The molecule has 0 aliphatic carbocycles. The Morgan fingerprint density at radius 2 is 1.95 bits per heavy atom. The van der Waals surface area contributed by atoms with E-state index in [0.29, 0.717) is 29.7 Å². The molecule has 0 bridgehead atoms. The van der Waals surface area contributed by atoms with Crippen molar-refractivity contribution in [2.45, 2.75) is 64.1 Å². The predicted octanol–water partition coefficient (Wildman–Crippen LogP) is 4.29. The van der Waals surface area contributed by atoms with Crippen molar-refractivity contribution in [3.05, 3.63) is 48.5 Å². The number of piperidine rings is 2. The van der Waals surface area contributed by atoms with Gasteiger partial charge in [0.25, 0.3) is 0 Å². The van der Waals surface area contributed by atoms with Gasteiger partial charge in [0.05, 0.1) is 41.2 Å². The van der Waals surface area contributed by atoms with E-state index in [0.717, 1.165) is 54.1 Å². The van der Waals surface area contributed by atoms with Gasteiger partial charge in [0.2, 0.25) is 0 Å². The number of benzene rings is 1. The van der Waals surface area contributed by atoms with Crippen LogP contribution in [0.5, 0.6) is 0 Å². The van der Waals surface area contributed by atoms with Gasteiger partial charge < -0.3 is 15.1 Å². The van der Waals surface area contributed by atoms with E-state index in [-0.39, 0.29) is 11.6 Å². The maximum Gasteiger partial charge on any atom is 0.314 e. The predicted molar refractivity (Wildman–Crippen MR) is 150 cm³/mol. The summed E-state index contributed by atoms with van der Waals surface area (Å²) in [6, 6.07) is 6.44. The summed E-state index contributed by atoms with van der Waals surface area (Å²) in [5.41, 5.74) is 3.21. The first-order valence-corrected chi connectivity index (χ1v) is 13.8. The largest absolute Gasteiger partial charge is 0.327 e. The Labute approximate surface area is 227 Å². The number of H-pyrrole nitrogens is 1. The fourth-order valence-corrected chi connectivity index (χ4v) is 6.15. The van der Waals surface area contributed by atoms with E-state index < -0.39 is 11.8 Å². The number of anilines is 1. The van der Waals surface area contributed by atoms with E-state index in [1.165, 1.54) is 6.20 Å². The van der Waals surface area contributed by atoms with Crippen LogP contribution in [0.25, 0.3) is 21.8 Å². The van der Waals surface area contributed by atoms with E-state index in [1.54, 1.807) is 17.3 Å². The number of likely N-dealkylation sites (tertiary alicyclic amines) is 2. The number of fused-ring (bicyclic) bond motifs is 2. The zero-order valence-corrected chi connectivity index (χ0v) is 23.0. The number of nitrogens with one attached hydrogen (secondary N) is 2. The number of carbonyl (C=O) groups is 2. The molecule has 39 heavy (non-hydrogen) atoms. The number of amides is 2. The van der Waals surface area contributed by atoms with Crippen LogP contribution < -0.4 is 5.32 Å². The highest BCUT2D eigenvalue weighted by molar-refractivity contribution is 6.40. The molecule has 0 radical (unpaired) electrons. The summed E-state index contributed by atoms with van der Waals surface area (Å²) >= 11 is 0. The van der Waals surface area contributed by atoms with Gasteiger partial charge in [0.15, 0.2) is 0 Å². The Hall–Kier alpha value is -3.79. The minimum absolute atomic E-state index is 0.130. The van der Waals surface area contributed by atoms with E-state index in [9.17, 15) is 9.59 Å². The van der Waals surface area contributed by atoms with Crippen LogP contribution in [0.4, 0.5) is 5.69 Å². The molecule has 0 spiro atoms. The summed E-state index contributed by atoms with van der Waals surface area (Å²) in [5, 5.41) is 16.4. The van der Waals surface area contributed by atoms with Crippen LogP contribution in [-0.4, -0.2) is 72.3 Å². The van der Waals surface area contributed by atoms with Crippen molar-refractivity contribution in [2.24, 2.45) is 5.92 Å². The molecule has 1 unspecified atom stereocenters. The number of pyridine rings is 1. The average molecular weight is 529 g/mol. The normalized spacial score (nSPS) is 23.8. The van der Waals surface area contributed by atoms with Gasteiger partial charge in [0, 0.05) is 41.8 Å². The van der Waals surface area contributed by atoms with Gasteiger partial charge in [-0.2, -0.15) is 10.2 Å². The Balaban J connectivity index is 1.24. The molecule has 1 aromatic carbocycles. The molecule has 3 atom stereocenters. The van der Waals surface area contributed by atoms with Crippen LogP contribution in [0.15, 0.2) is 43.0 Å². The van der Waals surface area contributed by atoms with Gasteiger partial charge in [-0.25, -0.2) is 0 Å². The fourth-order valence-electron chi connectivity index (χ4n) is 6.15. The van der Waals surface area contributed by atoms with E-state index in [1.807, 2.05) is 6.07 Å². The summed E-state index contributed by atoms with van der Waals surface area (Å²) in [6.07, 6.45) is 10.9. The number of rotatable bonds is 3. The van der Waals surface area contributed by atoms with Gasteiger partial charge >= 0.3 is 11.8 Å². The molecule has 0 saturated carbocycles. The van der Waals surface area contributed by atoms with Gasteiger partial charge in [0.1, 0.15) is 0 Å². The molecule has 2 saturated heterocycles. The zero-order chi connectivity index (χ0) is 27.3. The van der Waals surface area contributed by atoms with Crippen LogP contribution in [0.2, 0.25) is 0 Å². The molecule has 3 aromatic heterocycles. The fraction of sp³-hybridized carbons (Fsp3) is 0.483. The minimum atomic E-state index is -0.670. The SMILES string of the molecule is C[C@H]1CC[C@H](c2ccc3nn(C4CCN(C)C(C)(C)C4)cc3c2)N(C(=O)C(=O)Nc2cncc3cn[nH]c23)C1. The Bertz CT molecular complexity index is 1540. The number of carbonyl (C=O) groups excluding carboxylic acids is 2. The number of aromatic amines is 1. The molecule has 6 rings (SSSR count). The molecule has 5 heterocycles. The number of aromatic nitrogens is 5. The average Bonchev–Trinajstić information content (AvgIpc) is 3.57.